The second kappa shape index (κ2) is 9.72. The van der Waals surface area contributed by atoms with Gasteiger partial charge in [0, 0.05) is 28.3 Å². The first-order valence-corrected chi connectivity index (χ1v) is 11.0. The molecule has 0 fully saturated rings. The van der Waals surface area contributed by atoms with Crippen molar-refractivity contribution in [2.24, 2.45) is 0 Å². The molecule has 6 nitrogen and oxygen atoms in total. The van der Waals surface area contributed by atoms with Gasteiger partial charge in [-0.25, -0.2) is 0 Å². The van der Waals surface area contributed by atoms with Crippen LogP contribution in [0.15, 0.2) is 72.8 Å². The molecule has 32 heavy (non-hydrogen) atoms. The Labute approximate surface area is 194 Å². The number of carbonyl (C=O) groups is 2. The van der Waals surface area contributed by atoms with E-state index in [1.54, 1.807) is 42.5 Å². The van der Waals surface area contributed by atoms with Gasteiger partial charge in [0.1, 0.15) is 5.01 Å². The summed E-state index contributed by atoms with van der Waals surface area (Å²) in [6.45, 7) is 1.87. The van der Waals surface area contributed by atoms with Gasteiger partial charge in [0.15, 0.2) is 0 Å². The van der Waals surface area contributed by atoms with E-state index in [-0.39, 0.29) is 11.8 Å². The molecule has 3 aromatic carbocycles. The lowest BCUT2D eigenvalue weighted by molar-refractivity contribution is 0.101. The van der Waals surface area contributed by atoms with Crippen LogP contribution in [0.4, 0.5) is 10.8 Å². The van der Waals surface area contributed by atoms with E-state index in [1.165, 1.54) is 11.3 Å². The highest BCUT2D eigenvalue weighted by molar-refractivity contribution is 7.15. The van der Waals surface area contributed by atoms with Crippen LogP contribution >= 0.6 is 22.9 Å². The number of carbonyl (C=O) groups excluding carboxylic acids is 2. The third-order valence-corrected chi connectivity index (χ3v) is 5.83. The number of anilines is 2. The second-order valence-electron chi connectivity index (χ2n) is 7.11. The van der Waals surface area contributed by atoms with Crippen LogP contribution in [0.25, 0.3) is 0 Å². The van der Waals surface area contributed by atoms with Gasteiger partial charge < -0.3 is 5.32 Å². The minimum atomic E-state index is -0.325. The van der Waals surface area contributed by atoms with Gasteiger partial charge in [-0.2, -0.15) is 0 Å². The molecule has 8 heteroatoms. The number of nitrogens with zero attached hydrogens (tertiary/aromatic N) is 2. The van der Waals surface area contributed by atoms with Crippen LogP contribution in [0.1, 0.15) is 36.9 Å². The van der Waals surface area contributed by atoms with Crippen molar-refractivity contribution in [1.82, 2.24) is 10.2 Å². The van der Waals surface area contributed by atoms with Crippen molar-refractivity contribution in [3.63, 3.8) is 0 Å². The summed E-state index contributed by atoms with van der Waals surface area (Å²) in [5.74, 6) is -0.559. The molecular weight excluding hydrogens is 444 g/mol. The van der Waals surface area contributed by atoms with Crippen LogP contribution in [-0.2, 0) is 6.42 Å². The van der Waals surface area contributed by atoms with Gasteiger partial charge in [0.25, 0.3) is 11.8 Å². The van der Waals surface area contributed by atoms with E-state index in [2.05, 4.69) is 20.8 Å². The van der Waals surface area contributed by atoms with Gasteiger partial charge in [-0.05, 0) is 54.4 Å². The van der Waals surface area contributed by atoms with Gasteiger partial charge in [0.05, 0.1) is 0 Å². The van der Waals surface area contributed by atoms with Crippen LogP contribution in [0.5, 0.6) is 0 Å². The van der Waals surface area contributed by atoms with Crippen LogP contribution in [-0.4, -0.2) is 22.0 Å². The molecule has 2 amide bonds. The molecule has 0 unspecified atom stereocenters. The number of benzene rings is 3. The fourth-order valence-electron chi connectivity index (χ4n) is 3.00. The molecule has 0 bridgehead atoms. The molecule has 0 aliphatic rings. The molecule has 2 N–H and O–H groups in total. The maximum absolute atomic E-state index is 12.7. The Bertz CT molecular complexity index is 1260. The molecule has 0 spiro atoms. The van der Waals surface area contributed by atoms with Crippen LogP contribution in [0, 0.1) is 6.92 Å². The lowest BCUT2D eigenvalue weighted by atomic mass is 10.1. The molecule has 0 radical (unpaired) electrons. The monoisotopic (exact) mass is 462 g/mol. The highest BCUT2D eigenvalue weighted by Gasteiger charge is 2.14. The third kappa shape index (κ3) is 5.38. The van der Waals surface area contributed by atoms with E-state index < -0.39 is 0 Å². The average Bonchev–Trinajstić information content (AvgIpc) is 3.24. The summed E-state index contributed by atoms with van der Waals surface area (Å²) in [4.78, 5) is 25.2. The molecule has 1 aromatic heterocycles. The molecule has 0 atom stereocenters. The summed E-state index contributed by atoms with van der Waals surface area (Å²) < 4.78 is 0. The van der Waals surface area contributed by atoms with Crippen molar-refractivity contribution >= 4 is 45.6 Å². The minimum Gasteiger partial charge on any atom is -0.322 e. The Kier molecular flexibility index (Phi) is 6.58. The summed E-state index contributed by atoms with van der Waals surface area (Å²) >= 11 is 7.23. The molecule has 0 aliphatic carbocycles. The average molecular weight is 463 g/mol. The Morgan fingerprint density at radius 2 is 1.59 bits per heavy atom. The van der Waals surface area contributed by atoms with Crippen LogP contribution < -0.4 is 10.6 Å². The maximum Gasteiger partial charge on any atom is 0.257 e. The fraction of sp³-hybridized carbons (Fsp3) is 0.0833. The van der Waals surface area contributed by atoms with Gasteiger partial charge in [-0.15, -0.1) is 10.2 Å². The zero-order chi connectivity index (χ0) is 22.5. The van der Waals surface area contributed by atoms with Crippen molar-refractivity contribution in [1.29, 1.82) is 0 Å². The number of amides is 2. The highest BCUT2D eigenvalue weighted by Crippen LogP contribution is 2.22. The van der Waals surface area contributed by atoms with E-state index in [0.29, 0.717) is 33.4 Å². The summed E-state index contributed by atoms with van der Waals surface area (Å²) in [7, 11) is 0. The lowest BCUT2D eigenvalue weighted by Gasteiger charge is -2.10. The Balaban J connectivity index is 1.43. The second-order valence-corrected chi connectivity index (χ2v) is 8.61. The normalized spacial score (nSPS) is 10.6. The van der Waals surface area contributed by atoms with Crippen LogP contribution in [0.3, 0.4) is 0 Å². The predicted octanol–water partition coefficient (Wildman–Crippen LogP) is 5.60. The number of hydrogen-bond donors (Lipinski definition) is 2. The quantitative estimate of drug-likeness (QED) is 0.391. The Morgan fingerprint density at radius 3 is 2.34 bits per heavy atom. The number of nitrogens with one attached hydrogen (secondary N) is 2. The van der Waals surface area contributed by atoms with Crippen molar-refractivity contribution in [3.05, 3.63) is 105 Å². The Hall–Kier alpha value is -3.55. The standard InChI is InChI=1S/C24H19ClN4O2S/c1-15-7-10-18(14-20(15)26-22(30)17-5-3-2-4-6-17)23(31)27-24-29-28-21(32-24)13-16-8-11-19(25)12-9-16/h2-12,14H,13H2,1H3,(H,26,30)(H,27,29,31). The zero-order valence-corrected chi connectivity index (χ0v) is 18.7. The van der Waals surface area contributed by atoms with Crippen LogP contribution in [0.2, 0.25) is 5.02 Å². The lowest BCUT2D eigenvalue weighted by Crippen LogP contribution is -2.15. The van der Waals surface area contributed by atoms with E-state index in [4.69, 9.17) is 11.6 Å². The van der Waals surface area contributed by atoms with Gasteiger partial charge >= 0.3 is 0 Å². The molecule has 160 valence electrons. The van der Waals surface area contributed by atoms with Crippen molar-refractivity contribution < 1.29 is 9.59 Å². The highest BCUT2D eigenvalue weighted by atomic mass is 35.5. The van der Waals surface area contributed by atoms with Gasteiger partial charge in [-0.3, -0.25) is 14.9 Å². The molecule has 4 rings (SSSR count). The molecule has 1 heterocycles. The molecule has 4 aromatic rings. The van der Waals surface area contributed by atoms with E-state index in [0.717, 1.165) is 16.1 Å². The minimum absolute atomic E-state index is 0.234. The first-order chi connectivity index (χ1) is 15.5. The van der Waals surface area contributed by atoms with Crippen molar-refractivity contribution in [2.45, 2.75) is 13.3 Å². The summed E-state index contributed by atoms with van der Waals surface area (Å²) in [6, 6.07) is 21.6. The first kappa shape index (κ1) is 21.7. The van der Waals surface area contributed by atoms with Gasteiger partial charge in [-0.1, -0.05) is 59.3 Å². The zero-order valence-electron chi connectivity index (χ0n) is 17.1. The number of hydrogen-bond acceptors (Lipinski definition) is 5. The molecule has 0 saturated heterocycles. The number of aromatic nitrogens is 2. The molecule has 0 aliphatic heterocycles. The van der Waals surface area contributed by atoms with Gasteiger partial charge in [0.2, 0.25) is 5.13 Å². The maximum atomic E-state index is 12.7. The molecular formula is C24H19ClN4O2S. The number of halogens is 1. The number of aryl methyl sites for hydroxylation is 1. The summed E-state index contributed by atoms with van der Waals surface area (Å²) in [6.07, 6.45) is 0.602. The van der Waals surface area contributed by atoms with Crippen molar-refractivity contribution in [3.8, 4) is 0 Å². The fourth-order valence-corrected chi connectivity index (χ4v) is 3.90. The van der Waals surface area contributed by atoms with E-state index in [1.807, 2.05) is 37.3 Å². The number of rotatable bonds is 6. The topological polar surface area (TPSA) is 84.0 Å². The summed E-state index contributed by atoms with van der Waals surface area (Å²) in [5.41, 5.74) is 3.44. The van der Waals surface area contributed by atoms with Crippen molar-refractivity contribution in [2.75, 3.05) is 10.6 Å². The third-order valence-electron chi connectivity index (χ3n) is 4.74. The summed E-state index contributed by atoms with van der Waals surface area (Å²) in [5, 5.41) is 15.7. The SMILES string of the molecule is Cc1ccc(C(=O)Nc2nnc(Cc3ccc(Cl)cc3)s2)cc1NC(=O)c1ccccc1. The molecule has 0 saturated carbocycles. The van der Waals surface area contributed by atoms with E-state index >= 15 is 0 Å². The Morgan fingerprint density at radius 1 is 0.875 bits per heavy atom. The smallest absolute Gasteiger partial charge is 0.257 e. The first-order valence-electron chi connectivity index (χ1n) is 9.83. The van der Waals surface area contributed by atoms with E-state index in [9.17, 15) is 9.59 Å². The largest absolute Gasteiger partial charge is 0.322 e. The predicted molar refractivity (Wildman–Crippen MR) is 128 cm³/mol.